The number of fused-ring (bicyclic) bond motifs is 1. The van der Waals surface area contributed by atoms with Gasteiger partial charge in [0.2, 0.25) is 5.95 Å². The van der Waals surface area contributed by atoms with Gasteiger partial charge in [0.15, 0.2) is 0 Å². The first kappa shape index (κ1) is 19.3. The summed E-state index contributed by atoms with van der Waals surface area (Å²) in [5.74, 6) is 1.10. The van der Waals surface area contributed by atoms with Crippen molar-refractivity contribution in [1.82, 2.24) is 25.3 Å². The van der Waals surface area contributed by atoms with E-state index in [0.717, 1.165) is 23.1 Å². The molecule has 4 aromatic rings. The van der Waals surface area contributed by atoms with Gasteiger partial charge >= 0.3 is 0 Å². The van der Waals surface area contributed by atoms with Crippen molar-refractivity contribution in [1.29, 1.82) is 0 Å². The van der Waals surface area contributed by atoms with Gasteiger partial charge in [0.1, 0.15) is 12.1 Å². The van der Waals surface area contributed by atoms with E-state index in [-0.39, 0.29) is 5.91 Å². The van der Waals surface area contributed by atoms with Crippen molar-refractivity contribution >= 4 is 34.3 Å². The summed E-state index contributed by atoms with van der Waals surface area (Å²) in [6.07, 6.45) is 5.67. The van der Waals surface area contributed by atoms with Crippen molar-refractivity contribution in [2.45, 2.75) is 6.42 Å². The molecule has 2 heterocycles. The number of carbonyl (C=O) groups is 1. The Morgan fingerprint density at radius 2 is 1.80 bits per heavy atom. The molecule has 0 aliphatic heterocycles. The third kappa shape index (κ3) is 4.33. The van der Waals surface area contributed by atoms with E-state index >= 15 is 0 Å². The van der Waals surface area contributed by atoms with Crippen molar-refractivity contribution < 1.29 is 4.79 Å². The van der Waals surface area contributed by atoms with Crippen LogP contribution in [0.4, 0.5) is 17.5 Å². The number of amides is 1. The molecule has 1 amide bonds. The van der Waals surface area contributed by atoms with Crippen LogP contribution in [0.15, 0.2) is 67.3 Å². The van der Waals surface area contributed by atoms with Gasteiger partial charge in [-0.3, -0.25) is 4.79 Å². The summed E-state index contributed by atoms with van der Waals surface area (Å²) in [5, 5.41) is 10.0. The fourth-order valence-electron chi connectivity index (χ4n) is 3.17. The van der Waals surface area contributed by atoms with Gasteiger partial charge < -0.3 is 16.0 Å². The zero-order chi connectivity index (χ0) is 20.8. The minimum atomic E-state index is -0.169. The molecular formula is C22H21N7O. The first-order valence-electron chi connectivity index (χ1n) is 9.57. The Balaban J connectivity index is 1.45. The largest absolute Gasteiger partial charge is 0.369 e. The number of nitrogens with one attached hydrogen (secondary N) is 3. The fourth-order valence-corrected chi connectivity index (χ4v) is 3.17. The van der Waals surface area contributed by atoms with E-state index in [9.17, 15) is 4.79 Å². The number of hydrogen-bond acceptors (Lipinski definition) is 7. The van der Waals surface area contributed by atoms with Gasteiger partial charge in [0.25, 0.3) is 5.91 Å². The zero-order valence-corrected chi connectivity index (χ0v) is 16.5. The summed E-state index contributed by atoms with van der Waals surface area (Å²) in [7, 11) is 1.61. The molecule has 4 rings (SSSR count). The van der Waals surface area contributed by atoms with E-state index in [0.29, 0.717) is 29.4 Å². The Bertz CT molecular complexity index is 1160. The molecule has 0 saturated heterocycles. The van der Waals surface area contributed by atoms with Crippen LogP contribution >= 0.6 is 0 Å². The maximum absolute atomic E-state index is 12.1. The highest BCUT2D eigenvalue weighted by Crippen LogP contribution is 2.22. The zero-order valence-electron chi connectivity index (χ0n) is 16.5. The Morgan fingerprint density at radius 3 is 2.63 bits per heavy atom. The smallest absolute Gasteiger partial charge is 0.253 e. The van der Waals surface area contributed by atoms with E-state index in [1.54, 1.807) is 31.6 Å². The van der Waals surface area contributed by atoms with Gasteiger partial charge in [-0.2, -0.15) is 0 Å². The molecule has 0 aliphatic carbocycles. The second kappa shape index (κ2) is 8.95. The molecule has 2 aromatic carbocycles. The van der Waals surface area contributed by atoms with Gasteiger partial charge in [-0.25, -0.2) is 19.9 Å². The van der Waals surface area contributed by atoms with Crippen LogP contribution in [0.5, 0.6) is 0 Å². The first-order chi connectivity index (χ1) is 14.7. The molecule has 3 N–H and O–H groups in total. The summed E-state index contributed by atoms with van der Waals surface area (Å²) in [5.41, 5.74) is 3.25. The van der Waals surface area contributed by atoms with E-state index in [4.69, 9.17) is 0 Å². The predicted octanol–water partition coefficient (Wildman–Crippen LogP) is 3.18. The van der Waals surface area contributed by atoms with Gasteiger partial charge in [-0.1, -0.05) is 18.2 Å². The lowest BCUT2D eigenvalue weighted by Gasteiger charge is -2.11. The van der Waals surface area contributed by atoms with Crippen LogP contribution in [-0.4, -0.2) is 39.4 Å². The number of benzene rings is 2. The van der Waals surface area contributed by atoms with Crippen molar-refractivity contribution in [3.05, 3.63) is 78.4 Å². The third-order valence-corrected chi connectivity index (χ3v) is 4.59. The minimum absolute atomic E-state index is 0.169. The summed E-state index contributed by atoms with van der Waals surface area (Å²) in [6, 6.07) is 15.4. The average molecular weight is 399 g/mol. The van der Waals surface area contributed by atoms with Crippen LogP contribution in [0.2, 0.25) is 0 Å². The predicted molar refractivity (Wildman–Crippen MR) is 117 cm³/mol. The van der Waals surface area contributed by atoms with Crippen LogP contribution in [0.25, 0.3) is 10.9 Å². The lowest BCUT2D eigenvalue weighted by Crippen LogP contribution is -2.18. The number of aromatic nitrogens is 4. The Kier molecular flexibility index (Phi) is 5.75. The summed E-state index contributed by atoms with van der Waals surface area (Å²) in [4.78, 5) is 29.1. The van der Waals surface area contributed by atoms with Gasteiger partial charge in [-0.05, 0) is 42.3 Å². The van der Waals surface area contributed by atoms with Gasteiger partial charge in [-0.15, -0.1) is 0 Å². The Hall–Kier alpha value is -4.07. The highest BCUT2D eigenvalue weighted by molar-refractivity contribution is 6.07. The topological polar surface area (TPSA) is 105 Å². The molecule has 0 atom stereocenters. The molecule has 0 fully saturated rings. The maximum atomic E-state index is 12.1. The standard InChI is InChI=1S/C22H21N7O/c1-23-21(30)18-8-3-7-17-19(18)27-14-28-20(17)24-12-9-15-5-2-6-16(13-15)29-22-25-10-4-11-26-22/h2-8,10-11,13-14H,9,12H2,1H3,(H,23,30)(H,24,27,28)(H,25,26,29). The molecule has 0 spiro atoms. The summed E-state index contributed by atoms with van der Waals surface area (Å²) >= 11 is 0. The fraction of sp³-hybridized carbons (Fsp3) is 0.136. The van der Waals surface area contributed by atoms with Crippen molar-refractivity contribution in [2.75, 3.05) is 24.2 Å². The molecule has 30 heavy (non-hydrogen) atoms. The number of anilines is 3. The van der Waals surface area contributed by atoms with Crippen molar-refractivity contribution in [3.63, 3.8) is 0 Å². The molecule has 0 saturated carbocycles. The van der Waals surface area contributed by atoms with E-state index < -0.39 is 0 Å². The molecule has 2 aromatic heterocycles. The highest BCUT2D eigenvalue weighted by Gasteiger charge is 2.12. The maximum Gasteiger partial charge on any atom is 0.253 e. The van der Waals surface area contributed by atoms with Gasteiger partial charge in [0.05, 0.1) is 11.1 Å². The van der Waals surface area contributed by atoms with E-state index in [1.165, 1.54) is 6.33 Å². The molecule has 0 radical (unpaired) electrons. The highest BCUT2D eigenvalue weighted by atomic mass is 16.1. The molecule has 8 nitrogen and oxygen atoms in total. The molecule has 8 heteroatoms. The quantitative estimate of drug-likeness (QED) is 0.438. The summed E-state index contributed by atoms with van der Waals surface area (Å²) in [6.45, 7) is 0.682. The number of nitrogens with zero attached hydrogens (tertiary/aromatic N) is 4. The number of para-hydroxylation sites is 1. The van der Waals surface area contributed by atoms with Crippen LogP contribution < -0.4 is 16.0 Å². The number of hydrogen-bond donors (Lipinski definition) is 3. The molecule has 0 bridgehead atoms. The van der Waals surface area contributed by atoms with E-state index in [2.05, 4.69) is 48.0 Å². The average Bonchev–Trinajstić information content (AvgIpc) is 2.79. The first-order valence-corrected chi connectivity index (χ1v) is 9.57. The van der Waals surface area contributed by atoms with Crippen LogP contribution in [0.1, 0.15) is 15.9 Å². The molecular weight excluding hydrogens is 378 g/mol. The monoisotopic (exact) mass is 399 g/mol. The third-order valence-electron chi connectivity index (χ3n) is 4.59. The van der Waals surface area contributed by atoms with Crippen molar-refractivity contribution in [2.24, 2.45) is 0 Å². The lowest BCUT2D eigenvalue weighted by molar-refractivity contribution is 0.0964. The van der Waals surface area contributed by atoms with Crippen molar-refractivity contribution in [3.8, 4) is 0 Å². The normalized spacial score (nSPS) is 10.6. The number of carbonyl (C=O) groups excluding carboxylic acids is 1. The minimum Gasteiger partial charge on any atom is -0.369 e. The SMILES string of the molecule is CNC(=O)c1cccc2c(NCCc3cccc(Nc4ncccn4)c3)ncnc12. The molecule has 0 aliphatic rings. The number of rotatable bonds is 7. The molecule has 0 unspecified atom stereocenters. The van der Waals surface area contributed by atoms with Gasteiger partial charge in [0, 0.05) is 37.1 Å². The van der Waals surface area contributed by atoms with Crippen LogP contribution in [0, 0.1) is 0 Å². The molecule has 150 valence electrons. The van der Waals surface area contributed by atoms with Crippen LogP contribution in [-0.2, 0) is 6.42 Å². The summed E-state index contributed by atoms with van der Waals surface area (Å²) < 4.78 is 0. The second-order valence-electron chi connectivity index (χ2n) is 6.58. The Morgan fingerprint density at radius 1 is 0.967 bits per heavy atom. The lowest BCUT2D eigenvalue weighted by atomic mass is 10.1. The van der Waals surface area contributed by atoms with E-state index in [1.807, 2.05) is 24.3 Å². The van der Waals surface area contributed by atoms with Crippen LogP contribution in [0.3, 0.4) is 0 Å². The Labute approximate surface area is 173 Å². The second-order valence-corrected chi connectivity index (χ2v) is 6.58.